The molecule has 2 saturated heterocycles. The van der Waals surface area contributed by atoms with Gasteiger partial charge in [-0.2, -0.15) is 0 Å². The van der Waals surface area contributed by atoms with Crippen molar-refractivity contribution in [2.75, 3.05) is 37.6 Å². The number of hydrogen-bond donors (Lipinski definition) is 1. The van der Waals surface area contributed by atoms with Crippen LogP contribution in [0.2, 0.25) is 0 Å². The molecule has 0 radical (unpaired) electrons. The van der Waals surface area contributed by atoms with Gasteiger partial charge in [-0.3, -0.25) is 14.9 Å². The van der Waals surface area contributed by atoms with Crippen LogP contribution in [0.1, 0.15) is 6.42 Å². The molecule has 1 N–H and O–H groups in total. The van der Waals surface area contributed by atoms with Crippen molar-refractivity contribution in [3.05, 3.63) is 22.7 Å². The molecule has 2 aliphatic heterocycles. The second-order valence-corrected chi connectivity index (χ2v) is 5.97. The summed E-state index contributed by atoms with van der Waals surface area (Å²) in [5, 5.41) is 2.58. The number of alkyl halides is 2. The summed E-state index contributed by atoms with van der Waals surface area (Å²) in [6.07, 6.45) is 2.68. The van der Waals surface area contributed by atoms with E-state index >= 15 is 0 Å². The van der Waals surface area contributed by atoms with Crippen LogP contribution in [0.3, 0.4) is 0 Å². The van der Waals surface area contributed by atoms with Gasteiger partial charge in [0.25, 0.3) is 11.5 Å². The number of hydrogen-bond acceptors (Lipinski definition) is 5. The summed E-state index contributed by atoms with van der Waals surface area (Å²) in [6.45, 7) is 1.25. The largest absolute Gasteiger partial charge is 0.348 e. The summed E-state index contributed by atoms with van der Waals surface area (Å²) in [5.74, 6) is -2.76. The van der Waals surface area contributed by atoms with E-state index in [2.05, 4.69) is 10.3 Å². The van der Waals surface area contributed by atoms with E-state index in [1.807, 2.05) is 4.90 Å². The second kappa shape index (κ2) is 8.29. The summed E-state index contributed by atoms with van der Waals surface area (Å²) in [6, 6.07) is -0.820. The van der Waals surface area contributed by atoms with Gasteiger partial charge in [-0.15, -0.1) is 24.8 Å². The highest BCUT2D eigenvalue weighted by atomic mass is 35.5. The normalized spacial score (nSPS) is 22.1. The maximum Gasteiger partial charge on any atom is 0.293 e. The summed E-state index contributed by atoms with van der Waals surface area (Å²) in [4.78, 5) is 31.8. The summed E-state index contributed by atoms with van der Waals surface area (Å²) in [7, 11) is 1.65. The maximum atomic E-state index is 13.2. The van der Waals surface area contributed by atoms with Gasteiger partial charge in [0.1, 0.15) is 0 Å². The van der Waals surface area contributed by atoms with Crippen molar-refractivity contribution < 1.29 is 13.6 Å². The van der Waals surface area contributed by atoms with Crippen LogP contribution in [0.25, 0.3) is 0 Å². The molecular weight excluding hydrogens is 379 g/mol. The van der Waals surface area contributed by atoms with Gasteiger partial charge in [0.15, 0.2) is 5.82 Å². The van der Waals surface area contributed by atoms with E-state index in [0.29, 0.717) is 32.0 Å². The highest BCUT2D eigenvalue weighted by molar-refractivity contribution is 5.85. The predicted octanol–water partition coefficient (Wildman–Crippen LogP) is 0.270. The highest BCUT2D eigenvalue weighted by Crippen LogP contribution is 2.26. The summed E-state index contributed by atoms with van der Waals surface area (Å²) >= 11 is 0. The van der Waals surface area contributed by atoms with Gasteiger partial charge in [-0.05, 0) is 0 Å². The number of aryl methyl sites for hydroxylation is 1. The Morgan fingerprint density at radius 2 is 1.92 bits per heavy atom. The van der Waals surface area contributed by atoms with Crippen LogP contribution in [0, 0.1) is 0 Å². The Bertz CT molecular complexity index is 665. The quantitative estimate of drug-likeness (QED) is 0.772. The molecule has 3 heterocycles. The molecule has 7 nitrogen and oxygen atoms in total. The van der Waals surface area contributed by atoms with Crippen molar-refractivity contribution in [2.45, 2.75) is 18.4 Å². The molecule has 3 rings (SSSR count). The minimum atomic E-state index is -2.82. The van der Waals surface area contributed by atoms with E-state index in [9.17, 15) is 18.4 Å². The van der Waals surface area contributed by atoms with E-state index in [4.69, 9.17) is 0 Å². The first-order valence-corrected chi connectivity index (χ1v) is 7.54. The zero-order chi connectivity index (χ0) is 16.6. The topological polar surface area (TPSA) is 70.5 Å². The molecule has 25 heavy (non-hydrogen) atoms. The number of nitrogens with one attached hydrogen (secondary N) is 1. The summed E-state index contributed by atoms with van der Waals surface area (Å²) < 4.78 is 27.9. The zero-order valence-electron chi connectivity index (χ0n) is 13.7. The molecule has 1 aromatic rings. The Morgan fingerprint density at radius 1 is 1.28 bits per heavy atom. The van der Waals surface area contributed by atoms with Crippen molar-refractivity contribution >= 4 is 36.5 Å². The first-order valence-electron chi connectivity index (χ1n) is 7.54. The number of rotatable bonds is 2. The third-order valence-electron chi connectivity index (χ3n) is 4.30. The first-order chi connectivity index (χ1) is 10.9. The Kier molecular flexibility index (Phi) is 7.16. The van der Waals surface area contributed by atoms with Crippen LogP contribution < -0.4 is 15.8 Å². The average Bonchev–Trinajstić information content (AvgIpc) is 2.90. The van der Waals surface area contributed by atoms with Crippen molar-refractivity contribution in [3.63, 3.8) is 0 Å². The Hall–Kier alpha value is -1.45. The molecule has 0 aromatic carbocycles. The lowest BCUT2D eigenvalue weighted by Gasteiger charge is -2.36. The monoisotopic (exact) mass is 399 g/mol. The Balaban J connectivity index is 0.00000156. The van der Waals surface area contributed by atoms with Crippen LogP contribution in [0.5, 0.6) is 0 Å². The summed E-state index contributed by atoms with van der Waals surface area (Å²) in [5.41, 5.74) is -0.190. The smallest absolute Gasteiger partial charge is 0.293 e. The number of aromatic nitrogens is 2. The van der Waals surface area contributed by atoms with Crippen LogP contribution >= 0.6 is 24.8 Å². The van der Waals surface area contributed by atoms with Gasteiger partial charge < -0.3 is 14.4 Å². The van der Waals surface area contributed by atoms with Crippen LogP contribution in [-0.4, -0.2) is 65.0 Å². The van der Waals surface area contributed by atoms with Crippen molar-refractivity contribution in [3.8, 4) is 0 Å². The lowest BCUT2D eigenvalue weighted by molar-refractivity contribution is -0.134. The van der Waals surface area contributed by atoms with Gasteiger partial charge in [-0.1, -0.05) is 0 Å². The van der Waals surface area contributed by atoms with Gasteiger partial charge in [0.2, 0.25) is 5.91 Å². The van der Waals surface area contributed by atoms with Crippen molar-refractivity contribution in [1.82, 2.24) is 19.8 Å². The number of carbonyl (C=O) groups excluding carboxylic acids is 1. The van der Waals surface area contributed by atoms with Gasteiger partial charge in [0, 0.05) is 52.0 Å². The number of amides is 1. The number of anilines is 1. The molecule has 1 aromatic heterocycles. The van der Waals surface area contributed by atoms with Crippen molar-refractivity contribution in [2.24, 2.45) is 7.05 Å². The molecule has 2 aliphatic rings. The molecule has 11 heteroatoms. The number of piperazine rings is 1. The van der Waals surface area contributed by atoms with Crippen LogP contribution in [0.15, 0.2) is 17.2 Å². The molecule has 0 saturated carbocycles. The molecule has 0 bridgehead atoms. The third-order valence-corrected chi connectivity index (χ3v) is 4.30. The third kappa shape index (κ3) is 4.59. The van der Waals surface area contributed by atoms with Gasteiger partial charge in [0.05, 0.1) is 12.6 Å². The minimum absolute atomic E-state index is 0. The second-order valence-electron chi connectivity index (χ2n) is 5.97. The molecule has 1 atom stereocenters. The van der Waals surface area contributed by atoms with Gasteiger partial charge in [-0.25, -0.2) is 13.8 Å². The molecular formula is C14H21Cl2F2N5O2. The maximum absolute atomic E-state index is 13.2. The molecule has 142 valence electrons. The van der Waals surface area contributed by atoms with E-state index < -0.39 is 24.9 Å². The van der Waals surface area contributed by atoms with Crippen LogP contribution in [-0.2, 0) is 11.8 Å². The fraction of sp³-hybridized carbons (Fsp3) is 0.643. The lowest BCUT2D eigenvalue weighted by atomic mass is 10.1. The standard InChI is InChI=1S/C14H19F2N5O2.2ClH/c1-19-3-2-17-11(13(19)23)20-4-6-21(7-5-20)12(22)10-8-14(15,16)9-18-10;;/h2-3,10,18H,4-9H2,1H3;2*1H. The zero-order valence-corrected chi connectivity index (χ0v) is 15.3. The predicted molar refractivity (Wildman–Crippen MR) is 94.1 cm³/mol. The molecule has 1 unspecified atom stereocenters. The lowest BCUT2D eigenvalue weighted by Crippen LogP contribution is -2.54. The van der Waals surface area contributed by atoms with E-state index in [0.717, 1.165) is 0 Å². The number of nitrogens with zero attached hydrogens (tertiary/aromatic N) is 4. The number of halogens is 4. The van der Waals surface area contributed by atoms with E-state index in [1.54, 1.807) is 24.3 Å². The van der Waals surface area contributed by atoms with E-state index in [1.165, 1.54) is 4.57 Å². The Labute approximate surface area is 156 Å². The fourth-order valence-corrected chi connectivity index (χ4v) is 2.95. The minimum Gasteiger partial charge on any atom is -0.348 e. The highest BCUT2D eigenvalue weighted by Gasteiger charge is 2.43. The first kappa shape index (κ1) is 21.6. The molecule has 0 spiro atoms. The van der Waals surface area contributed by atoms with Crippen LogP contribution in [0.4, 0.5) is 14.6 Å². The van der Waals surface area contributed by atoms with Gasteiger partial charge >= 0.3 is 0 Å². The molecule has 1 amide bonds. The number of carbonyl (C=O) groups is 1. The average molecular weight is 400 g/mol. The molecule has 0 aliphatic carbocycles. The SMILES string of the molecule is Cl.Cl.Cn1ccnc(N2CCN(C(=O)C3CC(F)(F)CN3)CC2)c1=O. The molecule has 2 fully saturated rings. The van der Waals surface area contributed by atoms with Crippen molar-refractivity contribution in [1.29, 1.82) is 0 Å². The fourth-order valence-electron chi connectivity index (χ4n) is 2.95. The Morgan fingerprint density at radius 3 is 2.48 bits per heavy atom. The van der Waals surface area contributed by atoms with E-state index in [-0.39, 0.29) is 36.3 Å².